The van der Waals surface area contributed by atoms with E-state index in [4.69, 9.17) is 10.2 Å². The van der Waals surface area contributed by atoms with Crippen LogP contribution in [0.5, 0.6) is 0 Å². The lowest BCUT2D eigenvalue weighted by atomic mass is 10.4. The number of aliphatic hydroxyl groups is 2. The highest BCUT2D eigenvalue weighted by atomic mass is 16.6. The molecule has 0 saturated carbocycles. The average Bonchev–Trinajstić information content (AvgIpc) is 1.82. The predicted octanol–water partition coefficient (Wildman–Crippen LogP) is -1.10. The van der Waals surface area contributed by atoms with Crippen LogP contribution in [0.1, 0.15) is 6.92 Å². The minimum absolute atomic E-state index is 0.337. The van der Waals surface area contributed by atoms with Gasteiger partial charge >= 0.3 is 5.97 Å². The number of hydrogen-bond donors (Lipinski definition) is 2. The van der Waals surface area contributed by atoms with Crippen LogP contribution in [0.2, 0.25) is 0 Å². The van der Waals surface area contributed by atoms with Gasteiger partial charge in [0.2, 0.25) is 0 Å². The van der Waals surface area contributed by atoms with Crippen molar-refractivity contribution in [2.24, 2.45) is 0 Å². The third-order valence-electron chi connectivity index (χ3n) is 0.740. The zero-order valence-corrected chi connectivity index (χ0v) is 5.20. The van der Waals surface area contributed by atoms with Gasteiger partial charge in [-0.15, -0.1) is 0 Å². The van der Waals surface area contributed by atoms with Gasteiger partial charge in [0.15, 0.2) is 0 Å². The van der Waals surface area contributed by atoms with Crippen LogP contribution in [0, 0.1) is 0 Å². The Kier molecular flexibility index (Phi) is 4.00. The van der Waals surface area contributed by atoms with Crippen molar-refractivity contribution in [2.45, 2.75) is 13.0 Å². The Bertz CT molecular complexity index is 87.0. The Labute approximate surface area is 53.1 Å². The summed E-state index contributed by atoms with van der Waals surface area (Å²) in [6.07, 6.45) is -0.762. The summed E-state index contributed by atoms with van der Waals surface area (Å²) in [6, 6.07) is 0. The number of esters is 1. The second-order valence-corrected chi connectivity index (χ2v) is 1.60. The molecule has 0 aromatic heterocycles. The summed E-state index contributed by atoms with van der Waals surface area (Å²) in [4.78, 5) is 10.1. The highest BCUT2D eigenvalue weighted by molar-refractivity contribution is 5.66. The molecule has 0 spiro atoms. The van der Waals surface area contributed by atoms with Gasteiger partial charge in [-0.25, -0.2) is 0 Å². The lowest BCUT2D eigenvalue weighted by Crippen LogP contribution is -2.24. The van der Waals surface area contributed by atoms with Crippen LogP contribution in [0.4, 0.5) is 0 Å². The first-order valence-electron chi connectivity index (χ1n) is 2.59. The molecule has 0 aliphatic rings. The van der Waals surface area contributed by atoms with Gasteiger partial charge in [0.05, 0.1) is 13.2 Å². The van der Waals surface area contributed by atoms with Gasteiger partial charge in [0, 0.05) is 6.92 Å². The molecule has 0 aromatic rings. The molecule has 0 atom stereocenters. The van der Waals surface area contributed by atoms with Gasteiger partial charge in [0.25, 0.3) is 0 Å². The van der Waals surface area contributed by atoms with Crippen molar-refractivity contribution in [3.8, 4) is 0 Å². The van der Waals surface area contributed by atoms with Crippen molar-refractivity contribution < 1.29 is 19.7 Å². The van der Waals surface area contributed by atoms with E-state index in [0.29, 0.717) is 0 Å². The summed E-state index contributed by atoms with van der Waals surface area (Å²) in [5, 5.41) is 16.7. The van der Waals surface area contributed by atoms with Crippen molar-refractivity contribution >= 4 is 5.97 Å². The zero-order chi connectivity index (χ0) is 7.28. The van der Waals surface area contributed by atoms with Crippen molar-refractivity contribution in [1.29, 1.82) is 0 Å². The van der Waals surface area contributed by atoms with Crippen LogP contribution in [0.3, 0.4) is 0 Å². The van der Waals surface area contributed by atoms with Gasteiger partial charge in [-0.3, -0.25) is 4.79 Å². The predicted molar refractivity (Wildman–Crippen MR) is 29.7 cm³/mol. The van der Waals surface area contributed by atoms with Gasteiger partial charge in [0.1, 0.15) is 6.10 Å². The van der Waals surface area contributed by atoms with Crippen LogP contribution >= 0.6 is 0 Å². The molecular weight excluding hydrogens is 124 g/mol. The summed E-state index contributed by atoms with van der Waals surface area (Å²) in [5.41, 5.74) is 0. The molecule has 0 saturated heterocycles. The Morgan fingerprint density at radius 3 is 2.11 bits per heavy atom. The molecule has 0 radical (unpaired) electrons. The van der Waals surface area contributed by atoms with Crippen LogP contribution in [-0.2, 0) is 9.53 Å². The maximum Gasteiger partial charge on any atom is 0.303 e. The molecule has 0 fully saturated rings. The number of aliphatic hydroxyl groups excluding tert-OH is 2. The monoisotopic (exact) mass is 134 g/mol. The van der Waals surface area contributed by atoms with Crippen molar-refractivity contribution in [3.63, 3.8) is 0 Å². The van der Waals surface area contributed by atoms with E-state index in [1.165, 1.54) is 6.92 Å². The number of hydrogen-bond acceptors (Lipinski definition) is 4. The van der Waals surface area contributed by atoms with E-state index in [-0.39, 0.29) is 13.2 Å². The van der Waals surface area contributed by atoms with E-state index >= 15 is 0 Å². The van der Waals surface area contributed by atoms with Crippen LogP contribution in [0.15, 0.2) is 0 Å². The Hall–Kier alpha value is -0.610. The molecule has 4 nitrogen and oxygen atoms in total. The first-order chi connectivity index (χ1) is 4.20. The Morgan fingerprint density at radius 1 is 1.56 bits per heavy atom. The lowest BCUT2D eigenvalue weighted by molar-refractivity contribution is -0.150. The summed E-state index contributed by atoms with van der Waals surface area (Å²) in [7, 11) is 0. The van der Waals surface area contributed by atoms with Crippen LogP contribution in [-0.4, -0.2) is 35.5 Å². The number of carbonyl (C=O) groups is 1. The fraction of sp³-hybridized carbons (Fsp3) is 0.800. The zero-order valence-electron chi connectivity index (χ0n) is 5.20. The number of rotatable bonds is 3. The van der Waals surface area contributed by atoms with Crippen molar-refractivity contribution in [1.82, 2.24) is 0 Å². The van der Waals surface area contributed by atoms with Gasteiger partial charge in [-0.2, -0.15) is 0 Å². The molecule has 0 aromatic carbocycles. The summed E-state index contributed by atoms with van der Waals surface area (Å²) in [5.74, 6) is -0.497. The molecule has 0 aliphatic carbocycles. The van der Waals surface area contributed by atoms with Gasteiger partial charge in [-0.1, -0.05) is 0 Å². The molecule has 0 amide bonds. The molecule has 9 heavy (non-hydrogen) atoms. The maximum atomic E-state index is 10.1. The average molecular weight is 134 g/mol. The maximum absolute atomic E-state index is 10.1. The molecule has 0 rings (SSSR count). The largest absolute Gasteiger partial charge is 0.458 e. The second kappa shape index (κ2) is 4.29. The van der Waals surface area contributed by atoms with E-state index in [1.54, 1.807) is 0 Å². The normalized spacial score (nSPS) is 9.78. The SMILES string of the molecule is CC(=O)OC(CO)CO. The Morgan fingerprint density at radius 2 is 2.00 bits per heavy atom. The molecule has 0 bridgehead atoms. The van der Waals surface area contributed by atoms with Crippen molar-refractivity contribution in [2.75, 3.05) is 13.2 Å². The molecular formula is C5H10O4. The van der Waals surface area contributed by atoms with E-state index in [2.05, 4.69) is 4.74 Å². The van der Waals surface area contributed by atoms with Crippen LogP contribution in [0.25, 0.3) is 0 Å². The van der Waals surface area contributed by atoms with E-state index < -0.39 is 12.1 Å². The van der Waals surface area contributed by atoms with Gasteiger partial charge < -0.3 is 14.9 Å². The van der Waals surface area contributed by atoms with E-state index in [0.717, 1.165) is 0 Å². The topological polar surface area (TPSA) is 66.8 Å². The minimum atomic E-state index is -0.762. The fourth-order valence-electron chi connectivity index (χ4n) is 0.367. The highest BCUT2D eigenvalue weighted by Gasteiger charge is 2.06. The lowest BCUT2D eigenvalue weighted by Gasteiger charge is -2.09. The number of carbonyl (C=O) groups excluding carboxylic acids is 1. The second-order valence-electron chi connectivity index (χ2n) is 1.60. The molecule has 0 unspecified atom stereocenters. The minimum Gasteiger partial charge on any atom is -0.458 e. The first-order valence-corrected chi connectivity index (χ1v) is 2.59. The van der Waals surface area contributed by atoms with E-state index in [1.807, 2.05) is 0 Å². The number of ether oxygens (including phenoxy) is 1. The summed E-state index contributed by atoms with van der Waals surface area (Å²) < 4.78 is 4.41. The molecule has 0 aliphatic heterocycles. The first kappa shape index (κ1) is 8.39. The Balaban J connectivity index is 3.43. The summed E-state index contributed by atoms with van der Waals surface area (Å²) in [6.45, 7) is 0.546. The smallest absolute Gasteiger partial charge is 0.303 e. The third kappa shape index (κ3) is 3.93. The van der Waals surface area contributed by atoms with Crippen LogP contribution < -0.4 is 0 Å². The van der Waals surface area contributed by atoms with E-state index in [9.17, 15) is 4.79 Å². The molecule has 0 heterocycles. The third-order valence-corrected chi connectivity index (χ3v) is 0.740. The molecule has 2 N–H and O–H groups in total. The molecule has 4 heteroatoms. The quantitative estimate of drug-likeness (QED) is 0.481. The fourth-order valence-corrected chi connectivity index (χ4v) is 0.367. The standard InChI is InChI=1S/C5H10O4/c1-4(8)9-5(2-6)3-7/h5-7H,2-3H2,1H3. The van der Waals surface area contributed by atoms with Gasteiger partial charge in [-0.05, 0) is 0 Å². The van der Waals surface area contributed by atoms with Crippen molar-refractivity contribution in [3.05, 3.63) is 0 Å². The molecule has 54 valence electrons. The summed E-state index contributed by atoms with van der Waals surface area (Å²) >= 11 is 0. The highest BCUT2D eigenvalue weighted by Crippen LogP contribution is 1.88.